The number of hydrogen-bond acceptors (Lipinski definition) is 4. The molecule has 2 amide bonds. The van der Waals surface area contributed by atoms with Crippen LogP contribution in [0.25, 0.3) is 21.9 Å². The maximum atomic E-state index is 12.5. The number of anilines is 1. The zero-order chi connectivity index (χ0) is 20.2. The molecule has 3 N–H and O–H groups in total. The molecule has 0 saturated carbocycles. The molecule has 3 aromatic carbocycles. The number of urea groups is 1. The summed E-state index contributed by atoms with van der Waals surface area (Å²) in [5.41, 5.74) is 2.96. The molecular weight excluding hydrogens is 368 g/mol. The van der Waals surface area contributed by atoms with Gasteiger partial charge in [-0.05, 0) is 24.1 Å². The van der Waals surface area contributed by atoms with E-state index in [9.17, 15) is 9.90 Å². The smallest absolute Gasteiger partial charge is 0.319 e. The Hall–Kier alpha value is -3.51. The van der Waals surface area contributed by atoms with E-state index in [0.717, 1.165) is 21.9 Å². The predicted octanol–water partition coefficient (Wildman–Crippen LogP) is 4.32. The Morgan fingerprint density at radius 1 is 1.03 bits per heavy atom. The van der Waals surface area contributed by atoms with E-state index >= 15 is 0 Å². The van der Waals surface area contributed by atoms with Gasteiger partial charge in [0.05, 0.1) is 25.4 Å². The number of ether oxygens (including phenoxy) is 1. The number of aliphatic hydroxyl groups is 1. The Kier molecular flexibility index (Phi) is 5.35. The first-order valence-electron chi connectivity index (χ1n) is 9.39. The van der Waals surface area contributed by atoms with Crippen molar-refractivity contribution in [3.05, 3.63) is 72.3 Å². The highest BCUT2D eigenvalue weighted by Gasteiger charge is 2.16. The molecule has 0 fully saturated rings. The van der Waals surface area contributed by atoms with Gasteiger partial charge in [-0.25, -0.2) is 4.79 Å². The third-order valence-electron chi connectivity index (χ3n) is 4.83. The van der Waals surface area contributed by atoms with Crippen LogP contribution in [0, 0.1) is 0 Å². The topological polar surface area (TPSA) is 83.7 Å². The first-order chi connectivity index (χ1) is 14.2. The second kappa shape index (κ2) is 8.24. The lowest BCUT2D eigenvalue weighted by Crippen LogP contribution is -2.41. The zero-order valence-electron chi connectivity index (χ0n) is 16.0. The van der Waals surface area contributed by atoms with Crippen molar-refractivity contribution in [3.63, 3.8) is 0 Å². The molecule has 0 spiro atoms. The summed E-state index contributed by atoms with van der Waals surface area (Å²) in [5, 5.41) is 17.2. The summed E-state index contributed by atoms with van der Waals surface area (Å²) in [6.45, 7) is -0.165. The van der Waals surface area contributed by atoms with Crippen molar-refractivity contribution in [1.29, 1.82) is 0 Å². The van der Waals surface area contributed by atoms with Gasteiger partial charge in [0, 0.05) is 16.8 Å². The molecular formula is C23H22N2O4. The van der Waals surface area contributed by atoms with Crippen molar-refractivity contribution < 1.29 is 19.1 Å². The number of para-hydroxylation sites is 1. The number of fused-ring (bicyclic) bond motifs is 3. The minimum absolute atomic E-state index is 0.165. The summed E-state index contributed by atoms with van der Waals surface area (Å²) in [6.07, 6.45) is 0.532. The quantitative estimate of drug-likeness (QED) is 0.458. The molecule has 148 valence electrons. The molecule has 1 atom stereocenters. The van der Waals surface area contributed by atoms with E-state index in [1.54, 1.807) is 13.2 Å². The molecule has 0 aliphatic rings. The summed E-state index contributed by atoms with van der Waals surface area (Å²) in [4.78, 5) is 12.5. The number of benzene rings is 3. The molecule has 6 nitrogen and oxygen atoms in total. The van der Waals surface area contributed by atoms with Crippen molar-refractivity contribution in [1.82, 2.24) is 5.32 Å². The number of rotatable bonds is 6. The van der Waals surface area contributed by atoms with Crippen LogP contribution in [0.2, 0.25) is 0 Å². The van der Waals surface area contributed by atoms with Crippen LogP contribution in [0.4, 0.5) is 10.5 Å². The fourth-order valence-electron chi connectivity index (χ4n) is 3.42. The van der Waals surface area contributed by atoms with Crippen LogP contribution < -0.4 is 15.4 Å². The normalized spacial score (nSPS) is 12.1. The highest BCUT2D eigenvalue weighted by atomic mass is 16.5. The van der Waals surface area contributed by atoms with Gasteiger partial charge in [-0.1, -0.05) is 48.5 Å². The molecule has 0 aliphatic carbocycles. The molecule has 4 aromatic rings. The van der Waals surface area contributed by atoms with Crippen LogP contribution in [-0.2, 0) is 6.42 Å². The van der Waals surface area contributed by atoms with E-state index in [1.807, 2.05) is 60.7 Å². The summed E-state index contributed by atoms with van der Waals surface area (Å²) in [6, 6.07) is 20.2. The Bertz CT molecular complexity index is 1140. The minimum atomic E-state index is -0.422. The van der Waals surface area contributed by atoms with Gasteiger partial charge >= 0.3 is 6.03 Å². The average Bonchev–Trinajstić information content (AvgIpc) is 3.10. The molecule has 1 aromatic heterocycles. The number of aliphatic hydroxyl groups excluding tert-OH is 1. The van der Waals surface area contributed by atoms with Crippen LogP contribution in [0.15, 0.2) is 71.1 Å². The molecule has 1 unspecified atom stereocenters. The molecule has 0 bridgehead atoms. The van der Waals surface area contributed by atoms with Crippen LogP contribution in [0.1, 0.15) is 5.56 Å². The molecule has 4 rings (SSSR count). The Labute approximate surface area is 168 Å². The van der Waals surface area contributed by atoms with Gasteiger partial charge in [-0.15, -0.1) is 0 Å². The van der Waals surface area contributed by atoms with Gasteiger partial charge in [0.25, 0.3) is 0 Å². The van der Waals surface area contributed by atoms with Crippen molar-refractivity contribution >= 4 is 33.7 Å². The van der Waals surface area contributed by atoms with Gasteiger partial charge in [-0.3, -0.25) is 0 Å². The van der Waals surface area contributed by atoms with Crippen molar-refractivity contribution in [2.45, 2.75) is 12.5 Å². The largest absolute Gasteiger partial charge is 0.495 e. The third-order valence-corrected chi connectivity index (χ3v) is 4.83. The lowest BCUT2D eigenvalue weighted by molar-refractivity contribution is 0.224. The number of furan rings is 1. The number of carbonyl (C=O) groups is 1. The van der Waals surface area contributed by atoms with E-state index in [0.29, 0.717) is 23.4 Å². The predicted molar refractivity (Wildman–Crippen MR) is 113 cm³/mol. The zero-order valence-corrected chi connectivity index (χ0v) is 16.0. The van der Waals surface area contributed by atoms with E-state index in [1.165, 1.54) is 0 Å². The summed E-state index contributed by atoms with van der Waals surface area (Å²) < 4.78 is 11.4. The third kappa shape index (κ3) is 4.02. The fourth-order valence-corrected chi connectivity index (χ4v) is 3.42. The lowest BCUT2D eigenvalue weighted by Gasteiger charge is -2.18. The van der Waals surface area contributed by atoms with Crippen molar-refractivity contribution in [2.75, 3.05) is 19.0 Å². The number of amides is 2. The number of hydrogen-bond donors (Lipinski definition) is 3. The van der Waals surface area contributed by atoms with Gasteiger partial charge < -0.3 is 24.9 Å². The fraction of sp³-hybridized carbons (Fsp3) is 0.174. The summed E-state index contributed by atoms with van der Waals surface area (Å²) in [7, 11) is 1.55. The van der Waals surface area contributed by atoms with E-state index in [2.05, 4.69) is 10.6 Å². The van der Waals surface area contributed by atoms with E-state index in [4.69, 9.17) is 9.15 Å². The highest BCUT2D eigenvalue weighted by Crippen LogP contribution is 2.36. The van der Waals surface area contributed by atoms with Gasteiger partial charge in [0.1, 0.15) is 16.9 Å². The van der Waals surface area contributed by atoms with Crippen LogP contribution in [-0.4, -0.2) is 30.9 Å². The lowest BCUT2D eigenvalue weighted by atomic mass is 10.1. The van der Waals surface area contributed by atoms with Gasteiger partial charge in [0.15, 0.2) is 0 Å². The maximum absolute atomic E-state index is 12.5. The number of nitrogens with one attached hydrogen (secondary N) is 2. The Morgan fingerprint density at radius 3 is 2.55 bits per heavy atom. The van der Waals surface area contributed by atoms with E-state index < -0.39 is 12.1 Å². The number of carbonyl (C=O) groups excluding carboxylic acids is 1. The van der Waals surface area contributed by atoms with Crippen LogP contribution in [0.3, 0.4) is 0 Å². The number of methoxy groups -OCH3 is 1. The van der Waals surface area contributed by atoms with Gasteiger partial charge in [0.2, 0.25) is 0 Å². The van der Waals surface area contributed by atoms with Crippen molar-refractivity contribution in [3.8, 4) is 5.75 Å². The van der Waals surface area contributed by atoms with Crippen LogP contribution >= 0.6 is 0 Å². The molecule has 6 heteroatoms. The molecule has 0 saturated heterocycles. The SMILES string of the molecule is COc1cc2c(cc1NC(=O)NC(CO)Cc1ccccc1)oc1ccccc12. The van der Waals surface area contributed by atoms with Crippen molar-refractivity contribution in [2.24, 2.45) is 0 Å². The standard InChI is InChI=1S/C23H22N2O4/c1-28-22-12-18-17-9-5-6-10-20(17)29-21(18)13-19(22)25-23(27)24-16(14-26)11-15-7-3-2-4-8-15/h2-10,12-13,16,26H,11,14H2,1H3,(H2,24,25,27). The maximum Gasteiger partial charge on any atom is 0.319 e. The first kappa shape index (κ1) is 18.8. The molecule has 29 heavy (non-hydrogen) atoms. The van der Waals surface area contributed by atoms with Gasteiger partial charge in [-0.2, -0.15) is 0 Å². The summed E-state index contributed by atoms with van der Waals surface area (Å²) >= 11 is 0. The molecule has 0 aliphatic heterocycles. The van der Waals surface area contributed by atoms with Crippen LogP contribution in [0.5, 0.6) is 5.75 Å². The molecule has 1 heterocycles. The Balaban J connectivity index is 1.54. The average molecular weight is 390 g/mol. The highest BCUT2D eigenvalue weighted by molar-refractivity contribution is 6.07. The summed E-state index contributed by atoms with van der Waals surface area (Å²) in [5.74, 6) is 0.530. The second-order valence-electron chi connectivity index (χ2n) is 6.81. The second-order valence-corrected chi connectivity index (χ2v) is 6.81. The Morgan fingerprint density at radius 2 is 1.79 bits per heavy atom. The monoisotopic (exact) mass is 390 g/mol. The first-order valence-corrected chi connectivity index (χ1v) is 9.39. The molecule has 0 radical (unpaired) electrons. The minimum Gasteiger partial charge on any atom is -0.495 e. The van der Waals surface area contributed by atoms with E-state index in [-0.39, 0.29) is 6.61 Å².